The molecule has 0 aliphatic rings. The van der Waals surface area contributed by atoms with Crippen LogP contribution in [0.1, 0.15) is 49.4 Å². The number of hydrogen-bond donors (Lipinski definition) is 1. The molecule has 0 amide bonds. The van der Waals surface area contributed by atoms with Gasteiger partial charge in [-0.1, -0.05) is 68.3 Å². The van der Waals surface area contributed by atoms with Crippen LogP contribution in [-0.2, 0) is 6.42 Å². The molecule has 2 rings (SSSR count). The summed E-state index contributed by atoms with van der Waals surface area (Å²) in [4.78, 5) is 0. The maximum Gasteiger partial charge on any atom is 0.0577 e. The quantitative estimate of drug-likeness (QED) is 0.724. The number of nitrogens with one attached hydrogen (secondary N) is 1. The van der Waals surface area contributed by atoms with Crippen LogP contribution in [0.5, 0.6) is 0 Å². The predicted molar refractivity (Wildman–Crippen MR) is 92.0 cm³/mol. The molecule has 1 nitrogen and oxygen atoms in total. The van der Waals surface area contributed by atoms with Crippen molar-refractivity contribution in [2.75, 3.05) is 6.54 Å². The molecule has 21 heavy (non-hydrogen) atoms. The second kappa shape index (κ2) is 8.21. The van der Waals surface area contributed by atoms with Gasteiger partial charge >= 0.3 is 0 Å². The Balaban J connectivity index is 2.26. The van der Waals surface area contributed by atoms with Crippen molar-refractivity contribution in [1.82, 2.24) is 5.32 Å². The molecule has 0 heterocycles. The Morgan fingerprint density at radius 1 is 0.952 bits per heavy atom. The van der Waals surface area contributed by atoms with E-state index in [2.05, 4.69) is 55.6 Å². The summed E-state index contributed by atoms with van der Waals surface area (Å²) in [6, 6.07) is 17.3. The Morgan fingerprint density at radius 2 is 1.71 bits per heavy atom. The van der Waals surface area contributed by atoms with E-state index in [1.165, 1.54) is 23.1 Å². The lowest BCUT2D eigenvalue weighted by atomic mass is 9.97. The van der Waals surface area contributed by atoms with Gasteiger partial charge in [0.2, 0.25) is 0 Å². The van der Waals surface area contributed by atoms with Gasteiger partial charge in [0.25, 0.3) is 0 Å². The van der Waals surface area contributed by atoms with Crippen LogP contribution in [0, 0.1) is 0 Å². The Labute approximate surface area is 133 Å². The molecule has 0 aromatic heterocycles. The molecule has 1 unspecified atom stereocenters. The molecule has 0 saturated heterocycles. The fourth-order valence-corrected chi connectivity index (χ4v) is 2.77. The van der Waals surface area contributed by atoms with Crippen molar-refractivity contribution in [3.05, 3.63) is 70.2 Å². The van der Waals surface area contributed by atoms with Gasteiger partial charge in [0, 0.05) is 5.02 Å². The highest BCUT2D eigenvalue weighted by Gasteiger charge is 2.13. The first-order chi connectivity index (χ1) is 10.2. The summed E-state index contributed by atoms with van der Waals surface area (Å²) >= 11 is 6.15. The Kier molecular flexibility index (Phi) is 6.28. The average Bonchev–Trinajstić information content (AvgIpc) is 2.50. The molecule has 2 aromatic carbocycles. The lowest BCUT2D eigenvalue weighted by Crippen LogP contribution is -2.23. The second-order valence-electron chi connectivity index (χ2n) is 5.43. The lowest BCUT2D eigenvalue weighted by Gasteiger charge is -2.20. The first kappa shape index (κ1) is 16.1. The van der Waals surface area contributed by atoms with Gasteiger partial charge in [-0.2, -0.15) is 0 Å². The molecule has 2 aromatic rings. The molecule has 0 aliphatic heterocycles. The van der Waals surface area contributed by atoms with Crippen molar-refractivity contribution < 1.29 is 0 Å². The standard InChI is InChI=1S/C19H24ClN/c1-3-6-15-9-11-16(12-10-15)19(21-13-4-2)17-7-5-8-18(20)14-17/h5,7-12,14,19,21H,3-4,6,13H2,1-2H3. The molecule has 0 bridgehead atoms. The van der Waals surface area contributed by atoms with Crippen LogP contribution in [0.4, 0.5) is 0 Å². The van der Waals surface area contributed by atoms with E-state index in [4.69, 9.17) is 11.6 Å². The summed E-state index contributed by atoms with van der Waals surface area (Å²) in [5.74, 6) is 0. The highest BCUT2D eigenvalue weighted by molar-refractivity contribution is 6.30. The van der Waals surface area contributed by atoms with Gasteiger partial charge < -0.3 is 5.32 Å². The lowest BCUT2D eigenvalue weighted by molar-refractivity contribution is 0.598. The predicted octanol–water partition coefficient (Wildman–Crippen LogP) is 5.38. The third kappa shape index (κ3) is 4.59. The van der Waals surface area contributed by atoms with Crippen molar-refractivity contribution in [2.24, 2.45) is 0 Å². The number of benzene rings is 2. The summed E-state index contributed by atoms with van der Waals surface area (Å²) in [6.07, 6.45) is 3.45. The number of halogens is 1. The van der Waals surface area contributed by atoms with E-state index in [1.807, 2.05) is 12.1 Å². The molecular formula is C19H24ClN. The number of hydrogen-bond acceptors (Lipinski definition) is 1. The van der Waals surface area contributed by atoms with Gasteiger partial charge in [0.05, 0.1) is 6.04 Å². The van der Waals surface area contributed by atoms with Crippen molar-refractivity contribution in [3.8, 4) is 0 Å². The smallest absolute Gasteiger partial charge is 0.0577 e. The summed E-state index contributed by atoms with van der Waals surface area (Å²) in [5, 5.41) is 4.41. The number of aryl methyl sites for hydroxylation is 1. The van der Waals surface area contributed by atoms with Crippen molar-refractivity contribution >= 4 is 11.6 Å². The van der Waals surface area contributed by atoms with Crippen molar-refractivity contribution in [1.29, 1.82) is 0 Å². The minimum Gasteiger partial charge on any atom is -0.306 e. The molecule has 1 atom stereocenters. The maximum atomic E-state index is 6.15. The number of rotatable bonds is 7. The highest BCUT2D eigenvalue weighted by Crippen LogP contribution is 2.25. The van der Waals surface area contributed by atoms with Crippen LogP contribution in [0.15, 0.2) is 48.5 Å². The molecule has 0 aliphatic carbocycles. The fourth-order valence-electron chi connectivity index (χ4n) is 2.57. The van der Waals surface area contributed by atoms with Gasteiger partial charge in [-0.05, 0) is 48.2 Å². The van der Waals surface area contributed by atoms with Gasteiger partial charge in [0.15, 0.2) is 0 Å². The van der Waals surface area contributed by atoms with Crippen molar-refractivity contribution in [2.45, 2.75) is 39.2 Å². The summed E-state index contributed by atoms with van der Waals surface area (Å²) in [7, 11) is 0. The zero-order valence-electron chi connectivity index (χ0n) is 12.9. The second-order valence-corrected chi connectivity index (χ2v) is 5.87. The van der Waals surface area contributed by atoms with E-state index >= 15 is 0 Å². The Morgan fingerprint density at radius 3 is 2.33 bits per heavy atom. The molecule has 0 fully saturated rings. The van der Waals surface area contributed by atoms with Crippen LogP contribution in [-0.4, -0.2) is 6.54 Å². The molecule has 0 spiro atoms. The maximum absolute atomic E-state index is 6.15. The van der Waals surface area contributed by atoms with Gasteiger partial charge in [-0.25, -0.2) is 0 Å². The molecular weight excluding hydrogens is 278 g/mol. The monoisotopic (exact) mass is 301 g/mol. The minimum absolute atomic E-state index is 0.208. The molecule has 0 radical (unpaired) electrons. The minimum atomic E-state index is 0.208. The summed E-state index contributed by atoms with van der Waals surface area (Å²) < 4.78 is 0. The zero-order chi connectivity index (χ0) is 15.1. The van der Waals surface area contributed by atoms with E-state index in [0.29, 0.717) is 0 Å². The third-order valence-electron chi connectivity index (χ3n) is 3.63. The molecule has 0 saturated carbocycles. The Bertz CT molecular complexity index is 548. The van der Waals surface area contributed by atoms with E-state index in [1.54, 1.807) is 0 Å². The SMILES string of the molecule is CCCNC(c1ccc(CCC)cc1)c1cccc(Cl)c1. The van der Waals surface area contributed by atoms with Crippen LogP contribution in [0.25, 0.3) is 0 Å². The third-order valence-corrected chi connectivity index (χ3v) is 3.87. The van der Waals surface area contributed by atoms with Gasteiger partial charge in [-0.15, -0.1) is 0 Å². The van der Waals surface area contributed by atoms with Crippen LogP contribution >= 0.6 is 11.6 Å². The Hall–Kier alpha value is -1.31. The van der Waals surface area contributed by atoms with Crippen LogP contribution in [0.2, 0.25) is 5.02 Å². The molecule has 2 heteroatoms. The van der Waals surface area contributed by atoms with E-state index < -0.39 is 0 Å². The molecule has 1 N–H and O–H groups in total. The summed E-state index contributed by atoms with van der Waals surface area (Å²) in [5.41, 5.74) is 3.92. The topological polar surface area (TPSA) is 12.0 Å². The highest BCUT2D eigenvalue weighted by atomic mass is 35.5. The normalized spacial score (nSPS) is 12.3. The zero-order valence-corrected chi connectivity index (χ0v) is 13.7. The van der Waals surface area contributed by atoms with Crippen LogP contribution < -0.4 is 5.32 Å². The van der Waals surface area contributed by atoms with Crippen molar-refractivity contribution in [3.63, 3.8) is 0 Å². The van der Waals surface area contributed by atoms with Gasteiger partial charge in [-0.3, -0.25) is 0 Å². The fraction of sp³-hybridized carbons (Fsp3) is 0.368. The average molecular weight is 302 g/mol. The summed E-state index contributed by atoms with van der Waals surface area (Å²) in [6.45, 7) is 5.39. The van der Waals surface area contributed by atoms with E-state index in [9.17, 15) is 0 Å². The van der Waals surface area contributed by atoms with Gasteiger partial charge in [0.1, 0.15) is 0 Å². The van der Waals surface area contributed by atoms with Crippen LogP contribution in [0.3, 0.4) is 0 Å². The van der Waals surface area contributed by atoms with E-state index in [-0.39, 0.29) is 6.04 Å². The first-order valence-corrected chi connectivity index (χ1v) is 8.20. The van der Waals surface area contributed by atoms with E-state index in [0.717, 1.165) is 24.4 Å². The largest absolute Gasteiger partial charge is 0.306 e. The molecule has 112 valence electrons. The first-order valence-electron chi connectivity index (χ1n) is 7.82.